The second-order valence-electron chi connectivity index (χ2n) is 6.64. The molecular weight excluding hydrogens is 294 g/mol. The van der Waals surface area contributed by atoms with Crippen LogP contribution in [0.2, 0.25) is 0 Å². The molecule has 2 aliphatic rings. The first-order valence-corrected chi connectivity index (χ1v) is 8.02. The number of aromatic nitrogens is 2. The first-order chi connectivity index (χ1) is 11.0. The SMILES string of the molecule is Cc1cnc(CNC(=O)C2=NOC3(CCN(C(C)C)C3)C2)cn1. The highest BCUT2D eigenvalue weighted by Gasteiger charge is 2.47. The van der Waals surface area contributed by atoms with Gasteiger partial charge in [0.15, 0.2) is 5.60 Å². The molecule has 2 aliphatic heterocycles. The average Bonchev–Trinajstić information content (AvgIpc) is 3.14. The summed E-state index contributed by atoms with van der Waals surface area (Å²) in [5, 5.41) is 6.87. The van der Waals surface area contributed by atoms with Crippen LogP contribution in [0.1, 0.15) is 38.1 Å². The summed E-state index contributed by atoms with van der Waals surface area (Å²) in [5.74, 6) is -0.188. The Morgan fingerprint density at radius 1 is 1.43 bits per heavy atom. The molecule has 0 radical (unpaired) electrons. The number of aryl methyl sites for hydroxylation is 1. The van der Waals surface area contributed by atoms with E-state index in [9.17, 15) is 4.79 Å². The molecule has 124 valence electrons. The van der Waals surface area contributed by atoms with Crippen molar-refractivity contribution < 1.29 is 9.63 Å². The van der Waals surface area contributed by atoms with Gasteiger partial charge in [0.1, 0.15) is 5.71 Å². The second kappa shape index (κ2) is 6.23. The molecule has 23 heavy (non-hydrogen) atoms. The van der Waals surface area contributed by atoms with Crippen molar-refractivity contribution in [2.45, 2.75) is 51.8 Å². The van der Waals surface area contributed by atoms with E-state index >= 15 is 0 Å². The quantitative estimate of drug-likeness (QED) is 0.897. The summed E-state index contributed by atoms with van der Waals surface area (Å²) < 4.78 is 0. The molecule has 1 atom stereocenters. The molecule has 7 nitrogen and oxygen atoms in total. The molecule has 0 bridgehead atoms. The second-order valence-corrected chi connectivity index (χ2v) is 6.64. The fraction of sp³-hybridized carbons (Fsp3) is 0.625. The van der Waals surface area contributed by atoms with Gasteiger partial charge in [-0.2, -0.15) is 0 Å². The summed E-state index contributed by atoms with van der Waals surface area (Å²) in [7, 11) is 0. The van der Waals surface area contributed by atoms with Crippen LogP contribution in [-0.2, 0) is 16.2 Å². The molecule has 3 rings (SSSR count). The maximum absolute atomic E-state index is 12.3. The van der Waals surface area contributed by atoms with Crippen molar-refractivity contribution in [2.75, 3.05) is 13.1 Å². The van der Waals surface area contributed by atoms with Crippen molar-refractivity contribution >= 4 is 11.6 Å². The molecule has 1 aromatic rings. The molecule has 7 heteroatoms. The van der Waals surface area contributed by atoms with Crippen LogP contribution in [0, 0.1) is 6.92 Å². The highest BCUT2D eigenvalue weighted by atomic mass is 16.7. The third-order valence-electron chi connectivity index (χ3n) is 4.44. The van der Waals surface area contributed by atoms with E-state index in [0.717, 1.165) is 30.9 Å². The number of nitrogens with one attached hydrogen (secondary N) is 1. The summed E-state index contributed by atoms with van der Waals surface area (Å²) in [4.78, 5) is 28.6. The average molecular weight is 317 g/mol. The van der Waals surface area contributed by atoms with Gasteiger partial charge in [-0.05, 0) is 20.8 Å². The third kappa shape index (κ3) is 3.50. The summed E-state index contributed by atoms with van der Waals surface area (Å²) in [6.07, 6.45) is 4.84. The standard InChI is InChI=1S/C16H23N5O2/c1-11(2)21-5-4-16(10-21)6-14(20-23-16)15(22)19-9-13-8-17-12(3)7-18-13/h7-8,11H,4-6,9-10H2,1-3H3,(H,19,22). The number of carbonyl (C=O) groups is 1. The Bertz CT molecular complexity index is 613. The van der Waals surface area contributed by atoms with Gasteiger partial charge in [0.25, 0.3) is 5.91 Å². The van der Waals surface area contributed by atoms with Gasteiger partial charge < -0.3 is 10.2 Å². The lowest BCUT2D eigenvalue weighted by Gasteiger charge is -2.23. The number of hydrogen-bond donors (Lipinski definition) is 1. The van der Waals surface area contributed by atoms with Crippen molar-refractivity contribution in [1.29, 1.82) is 0 Å². The predicted molar refractivity (Wildman–Crippen MR) is 85.8 cm³/mol. The van der Waals surface area contributed by atoms with Gasteiger partial charge in [-0.1, -0.05) is 5.16 Å². The van der Waals surface area contributed by atoms with E-state index < -0.39 is 0 Å². The molecule has 0 aromatic carbocycles. The summed E-state index contributed by atoms with van der Waals surface area (Å²) >= 11 is 0. The van der Waals surface area contributed by atoms with Crippen LogP contribution in [0.5, 0.6) is 0 Å². The summed E-state index contributed by atoms with van der Waals surface area (Å²) in [6.45, 7) is 8.38. The molecule has 1 aromatic heterocycles. The van der Waals surface area contributed by atoms with Gasteiger partial charge in [0.2, 0.25) is 0 Å². The first kappa shape index (κ1) is 15.9. The minimum Gasteiger partial charge on any atom is -0.387 e. The number of carbonyl (C=O) groups excluding carboxylic acids is 1. The molecule has 1 unspecified atom stereocenters. The molecule has 1 spiro atoms. The monoisotopic (exact) mass is 317 g/mol. The van der Waals surface area contributed by atoms with Crippen molar-refractivity contribution in [3.05, 3.63) is 23.8 Å². The third-order valence-corrected chi connectivity index (χ3v) is 4.44. The minimum atomic E-state index is -0.319. The van der Waals surface area contributed by atoms with Crippen molar-refractivity contribution in [3.8, 4) is 0 Å². The Kier molecular flexibility index (Phi) is 4.30. The van der Waals surface area contributed by atoms with Crippen LogP contribution in [0.4, 0.5) is 0 Å². The lowest BCUT2D eigenvalue weighted by Crippen LogP contribution is -2.38. The van der Waals surface area contributed by atoms with Gasteiger partial charge in [-0.15, -0.1) is 0 Å². The molecule has 1 saturated heterocycles. The predicted octanol–water partition coefficient (Wildman–Crippen LogP) is 1.03. The van der Waals surface area contributed by atoms with Crippen LogP contribution in [0.25, 0.3) is 0 Å². The maximum Gasteiger partial charge on any atom is 0.269 e. The number of nitrogens with zero attached hydrogens (tertiary/aromatic N) is 4. The number of likely N-dealkylation sites (tertiary alicyclic amines) is 1. The number of oxime groups is 1. The van der Waals surface area contributed by atoms with Gasteiger partial charge in [-0.3, -0.25) is 19.7 Å². The van der Waals surface area contributed by atoms with E-state index in [-0.39, 0.29) is 11.5 Å². The Morgan fingerprint density at radius 2 is 2.26 bits per heavy atom. The highest BCUT2D eigenvalue weighted by Crippen LogP contribution is 2.34. The lowest BCUT2D eigenvalue weighted by atomic mass is 9.96. The summed E-state index contributed by atoms with van der Waals surface area (Å²) in [5.41, 5.74) is 1.73. The Balaban J connectivity index is 1.52. The minimum absolute atomic E-state index is 0.188. The highest BCUT2D eigenvalue weighted by molar-refractivity contribution is 6.39. The van der Waals surface area contributed by atoms with Crippen molar-refractivity contribution in [2.24, 2.45) is 5.16 Å². The maximum atomic E-state index is 12.3. The van der Waals surface area contributed by atoms with E-state index in [1.54, 1.807) is 12.4 Å². The largest absolute Gasteiger partial charge is 0.387 e. The fourth-order valence-corrected chi connectivity index (χ4v) is 2.96. The van der Waals surface area contributed by atoms with E-state index in [1.807, 2.05) is 6.92 Å². The van der Waals surface area contributed by atoms with Crippen LogP contribution in [-0.4, -0.2) is 51.2 Å². The van der Waals surface area contributed by atoms with Crippen molar-refractivity contribution in [3.63, 3.8) is 0 Å². The van der Waals surface area contributed by atoms with Gasteiger partial charge in [0.05, 0.1) is 24.1 Å². The zero-order valence-electron chi connectivity index (χ0n) is 13.9. The number of hydrogen-bond acceptors (Lipinski definition) is 6. The normalized spacial score (nSPS) is 24.1. The molecule has 0 aliphatic carbocycles. The topological polar surface area (TPSA) is 79.7 Å². The van der Waals surface area contributed by atoms with Crippen LogP contribution >= 0.6 is 0 Å². The number of rotatable bonds is 4. The molecule has 1 N–H and O–H groups in total. The number of amides is 1. The first-order valence-electron chi connectivity index (χ1n) is 8.02. The van der Waals surface area contributed by atoms with E-state index in [1.165, 1.54) is 0 Å². The molecular formula is C16H23N5O2. The smallest absolute Gasteiger partial charge is 0.269 e. The molecule has 3 heterocycles. The molecule has 0 saturated carbocycles. The zero-order chi connectivity index (χ0) is 16.4. The van der Waals surface area contributed by atoms with Gasteiger partial charge in [-0.25, -0.2) is 0 Å². The van der Waals surface area contributed by atoms with E-state index in [0.29, 0.717) is 24.7 Å². The Hall–Kier alpha value is -2.02. The van der Waals surface area contributed by atoms with Gasteiger partial charge >= 0.3 is 0 Å². The van der Waals surface area contributed by atoms with E-state index in [4.69, 9.17) is 4.84 Å². The molecule has 1 amide bonds. The van der Waals surface area contributed by atoms with Crippen LogP contribution < -0.4 is 5.32 Å². The Labute approximate surface area is 136 Å². The lowest BCUT2D eigenvalue weighted by molar-refractivity contribution is -0.115. The zero-order valence-corrected chi connectivity index (χ0v) is 13.9. The Morgan fingerprint density at radius 3 is 2.91 bits per heavy atom. The van der Waals surface area contributed by atoms with Gasteiger partial charge in [0, 0.05) is 38.2 Å². The summed E-state index contributed by atoms with van der Waals surface area (Å²) in [6, 6.07) is 0.482. The fourth-order valence-electron chi connectivity index (χ4n) is 2.96. The molecule has 1 fully saturated rings. The van der Waals surface area contributed by atoms with E-state index in [2.05, 4.69) is 39.2 Å². The van der Waals surface area contributed by atoms with Crippen molar-refractivity contribution in [1.82, 2.24) is 20.2 Å². The van der Waals surface area contributed by atoms with Crippen LogP contribution in [0.15, 0.2) is 17.5 Å². The van der Waals surface area contributed by atoms with Crippen LogP contribution in [0.3, 0.4) is 0 Å².